The normalized spacial score (nSPS) is 21.0. The molecule has 1 aliphatic heterocycles. The molecule has 6 heteroatoms. The van der Waals surface area contributed by atoms with Gasteiger partial charge in [-0.15, -0.1) is 0 Å². The van der Waals surface area contributed by atoms with Crippen LogP contribution >= 0.6 is 0 Å². The van der Waals surface area contributed by atoms with Crippen molar-refractivity contribution in [3.8, 4) is 0 Å². The zero-order valence-corrected chi connectivity index (χ0v) is 13.5. The molecular weight excluding hydrogens is 311 g/mol. The Morgan fingerprint density at radius 1 is 1.21 bits per heavy atom. The smallest absolute Gasteiger partial charge is 0.262 e. The topological polar surface area (TPSA) is 57.7 Å². The predicted molar refractivity (Wildman–Crippen MR) is 83.8 cm³/mol. The van der Waals surface area contributed by atoms with Crippen LogP contribution in [-0.4, -0.2) is 46.1 Å². The minimum atomic E-state index is -0.585. The molecule has 3 amide bonds. The highest BCUT2D eigenvalue weighted by Gasteiger charge is 2.44. The third-order valence-corrected chi connectivity index (χ3v) is 5.20. The van der Waals surface area contributed by atoms with Crippen LogP contribution in [0.25, 0.3) is 0 Å². The Balaban J connectivity index is 1.53. The highest BCUT2D eigenvalue weighted by atomic mass is 19.1. The summed E-state index contributed by atoms with van der Waals surface area (Å²) >= 11 is 0. The van der Waals surface area contributed by atoms with Crippen LogP contribution in [0.5, 0.6) is 0 Å². The summed E-state index contributed by atoms with van der Waals surface area (Å²) in [6, 6.07) is 3.91. The first-order chi connectivity index (χ1) is 11.5. The lowest BCUT2D eigenvalue weighted by atomic mass is 10.1. The van der Waals surface area contributed by atoms with Crippen LogP contribution < -0.4 is 0 Å². The van der Waals surface area contributed by atoms with Gasteiger partial charge in [0.25, 0.3) is 11.8 Å². The van der Waals surface area contributed by atoms with Crippen molar-refractivity contribution in [1.29, 1.82) is 0 Å². The number of carbonyl (C=O) groups is 3. The first-order valence-corrected chi connectivity index (χ1v) is 8.44. The highest BCUT2D eigenvalue weighted by Crippen LogP contribution is 2.40. The van der Waals surface area contributed by atoms with Crippen molar-refractivity contribution < 1.29 is 18.8 Å². The Morgan fingerprint density at radius 2 is 1.88 bits per heavy atom. The maximum Gasteiger partial charge on any atom is 0.262 e. The molecule has 3 aliphatic rings. The molecule has 5 nitrogen and oxygen atoms in total. The molecule has 0 saturated heterocycles. The van der Waals surface area contributed by atoms with E-state index in [1.54, 1.807) is 0 Å². The van der Waals surface area contributed by atoms with Crippen molar-refractivity contribution in [3.63, 3.8) is 0 Å². The van der Waals surface area contributed by atoms with Crippen molar-refractivity contribution in [2.24, 2.45) is 5.92 Å². The van der Waals surface area contributed by atoms with E-state index in [1.165, 1.54) is 6.07 Å². The van der Waals surface area contributed by atoms with E-state index < -0.39 is 17.6 Å². The Morgan fingerprint density at radius 3 is 2.50 bits per heavy atom. The molecule has 2 fully saturated rings. The number of fused-ring (bicyclic) bond motifs is 1. The van der Waals surface area contributed by atoms with Gasteiger partial charge in [0.1, 0.15) is 12.4 Å². The maximum atomic E-state index is 13.3. The molecule has 1 heterocycles. The monoisotopic (exact) mass is 330 g/mol. The van der Waals surface area contributed by atoms with E-state index in [-0.39, 0.29) is 35.7 Å². The first-order valence-electron chi connectivity index (χ1n) is 8.44. The minimum Gasteiger partial charge on any atom is -0.335 e. The maximum absolute atomic E-state index is 13.3. The lowest BCUT2D eigenvalue weighted by molar-refractivity contribution is -0.134. The van der Waals surface area contributed by atoms with E-state index in [9.17, 15) is 18.8 Å². The van der Waals surface area contributed by atoms with Crippen molar-refractivity contribution in [2.45, 2.75) is 44.7 Å². The average molecular weight is 330 g/mol. The van der Waals surface area contributed by atoms with Gasteiger partial charge >= 0.3 is 0 Å². The molecule has 2 aliphatic carbocycles. The molecule has 1 aromatic carbocycles. The van der Waals surface area contributed by atoms with E-state index >= 15 is 0 Å². The van der Waals surface area contributed by atoms with Crippen LogP contribution in [0.4, 0.5) is 4.39 Å². The number of nitrogens with zero attached hydrogens (tertiary/aromatic N) is 2. The SMILES string of the molecule is CC(C1CC1)N(C(=O)CN1C(=O)c2ccc(F)cc2C1=O)C1CC1. The standard InChI is InChI=1S/C18H19FN2O3/c1-10(11-2-3-11)21(13-5-6-13)16(22)9-20-17(23)14-7-4-12(19)8-15(14)18(20)24/h4,7-8,10-11,13H,2-3,5-6,9H2,1H3. The van der Waals surface area contributed by atoms with Gasteiger partial charge in [0, 0.05) is 12.1 Å². The first kappa shape index (κ1) is 15.3. The molecule has 1 atom stereocenters. The Bertz CT molecular complexity index is 740. The molecule has 0 radical (unpaired) electrons. The van der Waals surface area contributed by atoms with Crippen LogP contribution in [0.15, 0.2) is 18.2 Å². The van der Waals surface area contributed by atoms with Crippen molar-refractivity contribution in [2.75, 3.05) is 6.54 Å². The van der Waals surface area contributed by atoms with E-state index in [2.05, 4.69) is 0 Å². The number of amides is 3. The molecule has 126 valence electrons. The van der Waals surface area contributed by atoms with Crippen molar-refractivity contribution in [3.05, 3.63) is 35.1 Å². The van der Waals surface area contributed by atoms with E-state index in [4.69, 9.17) is 0 Å². The fourth-order valence-electron chi connectivity index (χ4n) is 3.55. The van der Waals surface area contributed by atoms with E-state index in [1.807, 2.05) is 11.8 Å². The van der Waals surface area contributed by atoms with E-state index in [0.717, 1.165) is 42.7 Å². The van der Waals surface area contributed by atoms with Crippen LogP contribution in [-0.2, 0) is 4.79 Å². The molecule has 2 saturated carbocycles. The van der Waals surface area contributed by atoms with Crippen LogP contribution in [0, 0.1) is 11.7 Å². The molecule has 4 rings (SSSR count). The second-order valence-electron chi connectivity index (χ2n) is 7.00. The Kier molecular flexibility index (Phi) is 3.44. The zero-order chi connectivity index (χ0) is 17.0. The number of imide groups is 1. The summed E-state index contributed by atoms with van der Waals surface area (Å²) in [6.07, 6.45) is 4.22. The van der Waals surface area contributed by atoms with Gasteiger partial charge in [-0.3, -0.25) is 19.3 Å². The number of hydrogen-bond donors (Lipinski definition) is 0. The molecule has 0 spiro atoms. The number of hydrogen-bond acceptors (Lipinski definition) is 3. The summed E-state index contributed by atoms with van der Waals surface area (Å²) in [4.78, 5) is 40.4. The van der Waals surface area contributed by atoms with Gasteiger partial charge in [-0.1, -0.05) is 0 Å². The summed E-state index contributed by atoms with van der Waals surface area (Å²) in [6.45, 7) is 1.78. The van der Waals surface area contributed by atoms with Gasteiger partial charge in [-0.25, -0.2) is 4.39 Å². The van der Waals surface area contributed by atoms with Crippen molar-refractivity contribution >= 4 is 17.7 Å². The molecule has 0 aromatic heterocycles. The summed E-state index contributed by atoms with van der Waals surface area (Å²) in [5.41, 5.74) is 0.212. The third-order valence-electron chi connectivity index (χ3n) is 5.20. The number of benzene rings is 1. The van der Waals surface area contributed by atoms with Crippen LogP contribution in [0.2, 0.25) is 0 Å². The molecule has 0 N–H and O–H groups in total. The second kappa shape index (κ2) is 5.40. The fraction of sp³-hybridized carbons (Fsp3) is 0.500. The molecular formula is C18H19FN2O3. The quantitative estimate of drug-likeness (QED) is 0.778. The van der Waals surface area contributed by atoms with Gasteiger partial charge < -0.3 is 4.90 Å². The van der Waals surface area contributed by atoms with Gasteiger partial charge in [0.15, 0.2) is 0 Å². The van der Waals surface area contributed by atoms with Gasteiger partial charge in [-0.05, 0) is 56.7 Å². The van der Waals surface area contributed by atoms with Gasteiger partial charge in [0.2, 0.25) is 5.91 Å². The average Bonchev–Trinajstić information content (AvgIpc) is 3.44. The summed E-state index contributed by atoms with van der Waals surface area (Å²) in [5.74, 6) is -1.32. The lowest BCUT2D eigenvalue weighted by Crippen LogP contribution is -2.48. The predicted octanol–water partition coefficient (Wildman–Crippen LogP) is 2.21. The molecule has 1 unspecified atom stereocenters. The van der Waals surface area contributed by atoms with Crippen molar-refractivity contribution in [1.82, 2.24) is 9.80 Å². The number of halogens is 1. The lowest BCUT2D eigenvalue weighted by Gasteiger charge is -2.30. The van der Waals surface area contributed by atoms with Crippen LogP contribution in [0.3, 0.4) is 0 Å². The summed E-state index contributed by atoms with van der Waals surface area (Å²) < 4.78 is 13.3. The van der Waals surface area contributed by atoms with E-state index in [0.29, 0.717) is 5.92 Å². The second-order valence-corrected chi connectivity index (χ2v) is 7.00. The molecule has 1 aromatic rings. The Labute approximate surface area is 139 Å². The van der Waals surface area contributed by atoms with Gasteiger partial charge in [-0.2, -0.15) is 0 Å². The summed E-state index contributed by atoms with van der Waals surface area (Å²) in [7, 11) is 0. The number of carbonyl (C=O) groups excluding carboxylic acids is 3. The Hall–Kier alpha value is -2.24. The fourth-order valence-corrected chi connectivity index (χ4v) is 3.55. The molecule has 0 bridgehead atoms. The van der Waals surface area contributed by atoms with Gasteiger partial charge in [0.05, 0.1) is 11.1 Å². The zero-order valence-electron chi connectivity index (χ0n) is 13.5. The number of rotatable bonds is 5. The third kappa shape index (κ3) is 2.50. The highest BCUT2D eigenvalue weighted by molar-refractivity contribution is 6.22. The summed E-state index contributed by atoms with van der Waals surface area (Å²) in [5, 5.41) is 0. The largest absolute Gasteiger partial charge is 0.335 e. The van der Waals surface area contributed by atoms with Crippen LogP contribution in [0.1, 0.15) is 53.3 Å². The minimum absolute atomic E-state index is 0.0426. The molecule has 24 heavy (non-hydrogen) atoms.